The summed E-state index contributed by atoms with van der Waals surface area (Å²) in [6.07, 6.45) is 6.90. The van der Waals surface area contributed by atoms with E-state index in [0.29, 0.717) is 12.0 Å². The van der Waals surface area contributed by atoms with Crippen LogP contribution >= 0.6 is 0 Å². The molecule has 4 heteroatoms. The summed E-state index contributed by atoms with van der Waals surface area (Å²) in [4.78, 5) is 23.4. The first-order valence-electron chi connectivity index (χ1n) is 11.2. The molecule has 2 aliphatic rings. The highest BCUT2D eigenvalue weighted by molar-refractivity contribution is 5.76. The number of carbonyl (C=O) groups excluding carboxylic acids is 2. The Bertz CT molecular complexity index is 602. The molecule has 0 heterocycles. The average molecular weight is 409 g/mol. The van der Waals surface area contributed by atoms with E-state index in [-0.39, 0.29) is 34.3 Å². The average Bonchev–Trinajstić information content (AvgIpc) is 2.99. The van der Waals surface area contributed by atoms with Crippen molar-refractivity contribution < 1.29 is 19.1 Å². The molecule has 0 aromatic carbocycles. The van der Waals surface area contributed by atoms with Crippen LogP contribution in [0.1, 0.15) is 94.4 Å². The molecule has 2 bridgehead atoms. The molecule has 0 aromatic rings. The van der Waals surface area contributed by atoms with Crippen LogP contribution in [-0.2, 0) is 19.1 Å². The van der Waals surface area contributed by atoms with Crippen molar-refractivity contribution in [3.05, 3.63) is 12.7 Å². The smallest absolute Gasteiger partial charge is 0.311 e. The molecule has 4 nitrogen and oxygen atoms in total. The van der Waals surface area contributed by atoms with Gasteiger partial charge < -0.3 is 9.47 Å². The normalized spacial score (nSPS) is 27.6. The second kappa shape index (κ2) is 9.22. The summed E-state index contributed by atoms with van der Waals surface area (Å²) >= 11 is 0. The van der Waals surface area contributed by atoms with Crippen molar-refractivity contribution in [1.29, 1.82) is 0 Å². The van der Waals surface area contributed by atoms with Gasteiger partial charge in [0.15, 0.2) is 0 Å². The first-order chi connectivity index (χ1) is 13.2. The van der Waals surface area contributed by atoms with Gasteiger partial charge in [-0.25, -0.2) is 0 Å². The van der Waals surface area contributed by atoms with E-state index in [1.54, 1.807) is 6.08 Å². The van der Waals surface area contributed by atoms with Gasteiger partial charge in [-0.1, -0.05) is 47.3 Å². The molecule has 2 rings (SSSR count). The molecule has 29 heavy (non-hydrogen) atoms. The predicted molar refractivity (Wildman–Crippen MR) is 118 cm³/mol. The van der Waals surface area contributed by atoms with Crippen LogP contribution in [0.5, 0.6) is 0 Å². The number of rotatable bonds is 7. The van der Waals surface area contributed by atoms with Gasteiger partial charge in [0.1, 0.15) is 12.7 Å². The summed E-state index contributed by atoms with van der Waals surface area (Å²) in [5, 5.41) is 0. The summed E-state index contributed by atoms with van der Waals surface area (Å²) in [5.74, 6) is 0.560. The zero-order chi connectivity index (χ0) is 22.7. The molecule has 0 saturated heterocycles. The highest BCUT2D eigenvalue weighted by Crippen LogP contribution is 2.66. The topological polar surface area (TPSA) is 52.6 Å². The van der Waals surface area contributed by atoms with Crippen LogP contribution in [0.15, 0.2) is 12.7 Å². The van der Waals surface area contributed by atoms with Crippen LogP contribution in [-0.4, -0.2) is 24.6 Å². The molecule has 2 aliphatic carbocycles. The van der Waals surface area contributed by atoms with Crippen LogP contribution in [0.2, 0.25) is 0 Å². The molecular weight excluding hydrogens is 364 g/mol. The van der Waals surface area contributed by atoms with E-state index in [0.717, 1.165) is 25.2 Å². The van der Waals surface area contributed by atoms with E-state index in [2.05, 4.69) is 27.4 Å². The minimum atomic E-state index is -0.358. The molecule has 0 aromatic heterocycles. The molecule has 2 fully saturated rings. The van der Waals surface area contributed by atoms with Gasteiger partial charge in [-0.05, 0) is 71.1 Å². The molecule has 168 valence electrons. The quantitative estimate of drug-likeness (QED) is 0.365. The predicted octanol–water partition coefficient (Wildman–Crippen LogP) is 6.33. The van der Waals surface area contributed by atoms with Gasteiger partial charge in [-0.2, -0.15) is 0 Å². The Balaban J connectivity index is 0.000000331. The molecule has 3 unspecified atom stereocenters. The number of hydrogen-bond acceptors (Lipinski definition) is 4. The SMILES string of the molecule is C=CCOC(=O)C(C)(C)CC.CCC(C)(C)C(=O)OC1CC2CCC1(C)C2(C)C. The molecule has 3 atom stereocenters. The van der Waals surface area contributed by atoms with E-state index in [4.69, 9.17) is 9.47 Å². The van der Waals surface area contributed by atoms with Crippen molar-refractivity contribution >= 4 is 11.9 Å². The summed E-state index contributed by atoms with van der Waals surface area (Å²) in [5.41, 5.74) is -0.212. The largest absolute Gasteiger partial charge is 0.461 e. The summed E-state index contributed by atoms with van der Waals surface area (Å²) in [7, 11) is 0. The lowest BCUT2D eigenvalue weighted by Crippen LogP contribution is -2.40. The Hall–Kier alpha value is -1.32. The lowest BCUT2D eigenvalue weighted by atomic mass is 9.70. The fourth-order valence-electron chi connectivity index (χ4n) is 4.22. The first-order valence-corrected chi connectivity index (χ1v) is 11.2. The third-order valence-corrected chi connectivity index (χ3v) is 8.17. The van der Waals surface area contributed by atoms with E-state index in [9.17, 15) is 9.59 Å². The number of ether oxygens (including phenoxy) is 2. The Labute approximate surface area is 178 Å². The van der Waals surface area contributed by atoms with Crippen LogP contribution in [0.3, 0.4) is 0 Å². The second-order valence-electron chi connectivity index (χ2n) is 10.9. The second-order valence-corrected chi connectivity index (χ2v) is 10.9. The van der Waals surface area contributed by atoms with E-state index >= 15 is 0 Å². The number of carbonyl (C=O) groups is 2. The number of hydrogen-bond donors (Lipinski definition) is 0. The zero-order valence-electron chi connectivity index (χ0n) is 20.3. The molecule has 0 amide bonds. The van der Waals surface area contributed by atoms with Crippen molar-refractivity contribution in [2.24, 2.45) is 27.6 Å². The Morgan fingerprint density at radius 2 is 1.55 bits per heavy atom. The molecule has 0 radical (unpaired) electrons. The summed E-state index contributed by atoms with van der Waals surface area (Å²) < 4.78 is 10.8. The number of fused-ring (bicyclic) bond motifs is 2. The maximum atomic E-state index is 12.3. The zero-order valence-corrected chi connectivity index (χ0v) is 20.3. The van der Waals surface area contributed by atoms with Crippen LogP contribution in [0, 0.1) is 27.6 Å². The number of esters is 2. The van der Waals surface area contributed by atoms with Gasteiger partial charge in [-0.15, -0.1) is 0 Å². The van der Waals surface area contributed by atoms with Gasteiger partial charge in [0.25, 0.3) is 0 Å². The van der Waals surface area contributed by atoms with Crippen molar-refractivity contribution in [2.75, 3.05) is 6.61 Å². The van der Waals surface area contributed by atoms with E-state index in [1.807, 2.05) is 41.5 Å². The molecule has 0 N–H and O–H groups in total. The van der Waals surface area contributed by atoms with Crippen molar-refractivity contribution in [3.8, 4) is 0 Å². The maximum Gasteiger partial charge on any atom is 0.311 e. The summed E-state index contributed by atoms with van der Waals surface area (Å²) in [6.45, 7) is 22.5. The van der Waals surface area contributed by atoms with Gasteiger partial charge in [-0.3, -0.25) is 9.59 Å². The lowest BCUT2D eigenvalue weighted by molar-refractivity contribution is -0.167. The Morgan fingerprint density at radius 3 is 1.93 bits per heavy atom. The molecular formula is C25H44O4. The summed E-state index contributed by atoms with van der Waals surface area (Å²) in [6, 6.07) is 0. The Morgan fingerprint density at radius 1 is 1.03 bits per heavy atom. The van der Waals surface area contributed by atoms with E-state index in [1.165, 1.54) is 12.8 Å². The minimum Gasteiger partial charge on any atom is -0.461 e. The monoisotopic (exact) mass is 408 g/mol. The minimum absolute atomic E-state index is 0.0143. The maximum absolute atomic E-state index is 12.3. The fraction of sp³-hybridized carbons (Fsp3) is 0.840. The highest BCUT2D eigenvalue weighted by atomic mass is 16.5. The van der Waals surface area contributed by atoms with Crippen LogP contribution < -0.4 is 0 Å². The van der Waals surface area contributed by atoms with Crippen molar-refractivity contribution in [2.45, 2.75) is 101 Å². The van der Waals surface area contributed by atoms with Gasteiger partial charge in [0.2, 0.25) is 0 Å². The van der Waals surface area contributed by atoms with Crippen LogP contribution in [0.4, 0.5) is 0 Å². The Kier molecular flexibility index (Phi) is 8.18. The van der Waals surface area contributed by atoms with Crippen LogP contribution in [0.25, 0.3) is 0 Å². The van der Waals surface area contributed by atoms with Crippen molar-refractivity contribution in [1.82, 2.24) is 0 Å². The third-order valence-electron chi connectivity index (χ3n) is 8.17. The van der Waals surface area contributed by atoms with Gasteiger partial charge >= 0.3 is 11.9 Å². The highest BCUT2D eigenvalue weighted by Gasteiger charge is 2.63. The first kappa shape index (κ1) is 25.7. The van der Waals surface area contributed by atoms with E-state index < -0.39 is 0 Å². The van der Waals surface area contributed by atoms with Crippen molar-refractivity contribution in [3.63, 3.8) is 0 Å². The van der Waals surface area contributed by atoms with Gasteiger partial charge in [0.05, 0.1) is 10.8 Å². The third kappa shape index (κ3) is 5.24. The van der Waals surface area contributed by atoms with Gasteiger partial charge in [0, 0.05) is 5.41 Å². The fourth-order valence-corrected chi connectivity index (χ4v) is 4.22. The molecule has 2 saturated carbocycles. The molecule has 0 aliphatic heterocycles. The lowest BCUT2D eigenvalue weighted by Gasteiger charge is -2.39. The standard InChI is InChI=1S/C16H28O2.C9H16O2/c1-7-14(2,3)13(17)18-12-10-11-8-9-16(12,6)15(11,4)5;1-5-7-11-8(10)9(3,4)6-2/h11-12H,7-10H2,1-6H3;5H,1,6-7H2,2-4H3. The molecule has 0 spiro atoms.